The summed E-state index contributed by atoms with van der Waals surface area (Å²) in [6.07, 6.45) is 16.2. The molecule has 0 bridgehead atoms. The number of benzene rings is 3. The van der Waals surface area contributed by atoms with E-state index in [9.17, 15) is 14.7 Å². The van der Waals surface area contributed by atoms with Gasteiger partial charge in [0.05, 0.1) is 23.4 Å². The molecule has 0 atom stereocenters. The number of hydrogen-bond donors (Lipinski definition) is 2. The number of anilines is 1. The van der Waals surface area contributed by atoms with Crippen molar-refractivity contribution >= 4 is 50.7 Å². The molecule has 8 heteroatoms. The molecule has 1 heterocycles. The molecule has 4 aromatic rings. The summed E-state index contributed by atoms with van der Waals surface area (Å²) in [5.41, 5.74) is 2.23. The van der Waals surface area contributed by atoms with Crippen LogP contribution in [0.3, 0.4) is 0 Å². The van der Waals surface area contributed by atoms with Gasteiger partial charge in [-0.3, -0.25) is 10.1 Å². The second-order valence-electron chi connectivity index (χ2n) is 11.5. The number of nitrogens with zero attached hydrogens (tertiary/aromatic N) is 1. The zero-order chi connectivity index (χ0) is 32.0. The van der Waals surface area contributed by atoms with Gasteiger partial charge in [0.15, 0.2) is 5.13 Å². The molecule has 45 heavy (non-hydrogen) atoms. The lowest BCUT2D eigenvalue weighted by Gasteiger charge is -2.09. The van der Waals surface area contributed by atoms with Crippen molar-refractivity contribution in [1.29, 1.82) is 0 Å². The minimum atomic E-state index is -0.477. The smallest absolute Gasteiger partial charge is 0.338 e. The molecule has 0 aliphatic heterocycles. The third-order valence-electron chi connectivity index (χ3n) is 8.05. The lowest BCUT2D eigenvalue weighted by atomic mass is 10.0. The highest BCUT2D eigenvalue weighted by Crippen LogP contribution is 2.36. The molecule has 0 unspecified atom stereocenters. The Morgan fingerprint density at radius 1 is 0.844 bits per heavy atom. The molecule has 240 valence electrons. The quantitative estimate of drug-likeness (QED) is 0.0827. The maximum Gasteiger partial charge on any atom is 0.338 e. The number of aromatic nitrogens is 1. The summed E-state index contributed by atoms with van der Waals surface area (Å²) in [4.78, 5) is 31.4. The van der Waals surface area contributed by atoms with E-state index in [0.29, 0.717) is 33.1 Å². The van der Waals surface area contributed by atoms with Gasteiger partial charge in [-0.15, -0.1) is 11.3 Å². The van der Waals surface area contributed by atoms with Gasteiger partial charge in [-0.05, 0) is 38.0 Å². The normalized spacial score (nSPS) is 11.2. The number of fused-ring (bicyclic) bond motifs is 1. The summed E-state index contributed by atoms with van der Waals surface area (Å²) in [6, 6.07) is 15.9. The predicted molar refractivity (Wildman–Crippen MR) is 187 cm³/mol. The summed E-state index contributed by atoms with van der Waals surface area (Å²) in [6.45, 7) is 4.36. The van der Waals surface area contributed by atoms with Crippen LogP contribution >= 0.6 is 22.9 Å². The van der Waals surface area contributed by atoms with Gasteiger partial charge in [0.1, 0.15) is 5.75 Å². The Kier molecular flexibility index (Phi) is 13.7. The van der Waals surface area contributed by atoms with Crippen LogP contribution in [0.5, 0.6) is 5.75 Å². The number of ether oxygens (including phenoxy) is 1. The zero-order valence-electron chi connectivity index (χ0n) is 26.5. The molecule has 0 saturated heterocycles. The van der Waals surface area contributed by atoms with Gasteiger partial charge >= 0.3 is 5.97 Å². The van der Waals surface area contributed by atoms with Gasteiger partial charge in [-0.2, -0.15) is 0 Å². The maximum absolute atomic E-state index is 13.3. The van der Waals surface area contributed by atoms with Crippen molar-refractivity contribution in [2.24, 2.45) is 0 Å². The molecule has 0 aliphatic carbocycles. The van der Waals surface area contributed by atoms with Crippen LogP contribution < -0.4 is 5.32 Å². The molecular weight excluding hydrogens is 604 g/mol. The van der Waals surface area contributed by atoms with Crippen molar-refractivity contribution in [2.45, 2.75) is 97.3 Å². The second kappa shape index (κ2) is 17.9. The maximum atomic E-state index is 13.3. The Hall–Kier alpha value is -3.42. The number of rotatable bonds is 18. The molecule has 1 aromatic heterocycles. The molecule has 4 rings (SSSR count). The fourth-order valence-electron chi connectivity index (χ4n) is 5.56. The van der Waals surface area contributed by atoms with Crippen LogP contribution in [0.25, 0.3) is 22.0 Å². The summed E-state index contributed by atoms with van der Waals surface area (Å²) in [7, 11) is 0. The van der Waals surface area contributed by atoms with E-state index in [4.69, 9.17) is 21.3 Å². The SMILES string of the molecule is CCCCCCCCCCCCCCc1sc(NC(=O)c2cc(Cl)c3ccccc3c2O)nc1-c1ccc(C(=O)OCC)cc1. The van der Waals surface area contributed by atoms with Crippen molar-refractivity contribution in [3.05, 3.63) is 75.6 Å². The van der Waals surface area contributed by atoms with E-state index in [0.717, 1.165) is 35.4 Å². The number of hydrogen-bond acceptors (Lipinski definition) is 6. The van der Waals surface area contributed by atoms with Crippen LogP contribution in [0, 0.1) is 0 Å². The van der Waals surface area contributed by atoms with Gasteiger partial charge in [0.2, 0.25) is 0 Å². The minimum absolute atomic E-state index is 0.0942. The first kappa shape index (κ1) is 34.5. The number of esters is 1. The van der Waals surface area contributed by atoms with Crippen molar-refractivity contribution in [3.63, 3.8) is 0 Å². The Labute approximate surface area is 276 Å². The van der Waals surface area contributed by atoms with E-state index in [1.54, 1.807) is 37.3 Å². The lowest BCUT2D eigenvalue weighted by molar-refractivity contribution is 0.0526. The number of phenolic OH excluding ortho intramolecular Hbond substituents is 1. The molecule has 0 radical (unpaired) electrons. The largest absolute Gasteiger partial charge is 0.506 e. The highest BCUT2D eigenvalue weighted by atomic mass is 35.5. The van der Waals surface area contributed by atoms with E-state index >= 15 is 0 Å². The van der Waals surface area contributed by atoms with Gasteiger partial charge in [0.25, 0.3) is 5.91 Å². The van der Waals surface area contributed by atoms with Gasteiger partial charge in [0, 0.05) is 26.2 Å². The molecule has 3 aromatic carbocycles. The Bertz CT molecular complexity index is 1550. The fraction of sp³-hybridized carbons (Fsp3) is 0.432. The number of halogens is 1. The Balaban J connectivity index is 1.42. The first-order chi connectivity index (χ1) is 21.9. The third kappa shape index (κ3) is 9.78. The van der Waals surface area contributed by atoms with Crippen molar-refractivity contribution in [2.75, 3.05) is 11.9 Å². The summed E-state index contributed by atoms with van der Waals surface area (Å²) in [5.74, 6) is -0.952. The monoisotopic (exact) mass is 648 g/mol. The molecule has 2 N–H and O–H groups in total. The number of phenols is 1. The highest BCUT2D eigenvalue weighted by molar-refractivity contribution is 7.16. The van der Waals surface area contributed by atoms with Crippen LogP contribution in [-0.4, -0.2) is 28.6 Å². The summed E-state index contributed by atoms with van der Waals surface area (Å²) in [5, 5.41) is 15.8. The Morgan fingerprint density at radius 3 is 2.07 bits per heavy atom. The molecular formula is C37H45ClN2O4S. The average Bonchev–Trinajstić information content (AvgIpc) is 3.45. The number of carbonyl (C=O) groups excluding carboxylic acids is 2. The third-order valence-corrected chi connectivity index (χ3v) is 9.40. The number of aromatic hydroxyl groups is 1. The molecule has 0 saturated carbocycles. The Morgan fingerprint density at radius 2 is 1.44 bits per heavy atom. The fourth-order valence-corrected chi connectivity index (χ4v) is 6.85. The van der Waals surface area contributed by atoms with Crippen LogP contribution in [0.4, 0.5) is 5.13 Å². The van der Waals surface area contributed by atoms with Crippen LogP contribution in [-0.2, 0) is 11.2 Å². The average molecular weight is 649 g/mol. The minimum Gasteiger partial charge on any atom is -0.506 e. The highest BCUT2D eigenvalue weighted by Gasteiger charge is 2.20. The standard InChI is InChI=1S/C37H45ClN2O4S/c1-3-5-6-7-8-9-10-11-12-13-14-15-20-32-33(26-21-23-27(24-22-26)36(43)44-4-2)39-37(45-32)40-35(42)30-25-31(38)28-18-16-17-19-29(28)34(30)41/h16-19,21-25,41H,3-15,20H2,1-2H3,(H,39,40,42). The number of nitrogens with one attached hydrogen (secondary N) is 1. The molecule has 6 nitrogen and oxygen atoms in total. The molecule has 0 fully saturated rings. The van der Waals surface area contributed by atoms with E-state index in [2.05, 4.69) is 12.2 Å². The van der Waals surface area contributed by atoms with Gasteiger partial charge in [-0.25, -0.2) is 9.78 Å². The van der Waals surface area contributed by atoms with Crippen LogP contribution in [0.15, 0.2) is 54.6 Å². The number of carbonyl (C=O) groups is 2. The number of aryl methyl sites for hydroxylation is 1. The van der Waals surface area contributed by atoms with Gasteiger partial charge < -0.3 is 9.84 Å². The number of thiazole rings is 1. The van der Waals surface area contributed by atoms with Crippen molar-refractivity contribution in [1.82, 2.24) is 4.98 Å². The molecule has 1 amide bonds. The van der Waals surface area contributed by atoms with E-state index in [1.165, 1.54) is 81.6 Å². The number of amides is 1. The lowest BCUT2D eigenvalue weighted by Crippen LogP contribution is -2.12. The van der Waals surface area contributed by atoms with Crippen molar-refractivity contribution < 1.29 is 19.4 Å². The summed E-state index contributed by atoms with van der Waals surface area (Å²) >= 11 is 7.89. The zero-order valence-corrected chi connectivity index (χ0v) is 28.1. The van der Waals surface area contributed by atoms with E-state index in [1.807, 2.05) is 18.2 Å². The first-order valence-electron chi connectivity index (χ1n) is 16.4. The van der Waals surface area contributed by atoms with Gasteiger partial charge in [-0.1, -0.05) is 126 Å². The van der Waals surface area contributed by atoms with E-state index in [-0.39, 0.29) is 17.3 Å². The number of unbranched alkanes of at least 4 members (excludes halogenated alkanes) is 11. The molecule has 0 aliphatic rings. The second-order valence-corrected chi connectivity index (χ2v) is 13.0. The summed E-state index contributed by atoms with van der Waals surface area (Å²) < 4.78 is 5.13. The topological polar surface area (TPSA) is 88.5 Å². The van der Waals surface area contributed by atoms with Crippen molar-refractivity contribution in [3.8, 4) is 17.0 Å². The predicted octanol–water partition coefficient (Wildman–Crippen LogP) is 11.0. The van der Waals surface area contributed by atoms with Crippen LogP contribution in [0.1, 0.15) is 116 Å². The molecule has 0 spiro atoms. The van der Waals surface area contributed by atoms with Crippen LogP contribution in [0.2, 0.25) is 5.02 Å². The van der Waals surface area contributed by atoms with E-state index < -0.39 is 5.91 Å². The first-order valence-corrected chi connectivity index (χ1v) is 17.6.